The third kappa shape index (κ3) is 3.70. The summed E-state index contributed by atoms with van der Waals surface area (Å²) < 4.78 is 6.81. The number of methoxy groups -OCH3 is 1. The van der Waals surface area contributed by atoms with E-state index in [9.17, 15) is 4.79 Å². The van der Waals surface area contributed by atoms with Crippen molar-refractivity contribution in [3.05, 3.63) is 36.0 Å². The van der Waals surface area contributed by atoms with Gasteiger partial charge in [-0.25, -0.2) is 4.79 Å². The van der Waals surface area contributed by atoms with Crippen LogP contribution >= 0.6 is 11.8 Å². The molecule has 0 saturated carbocycles. The molecule has 0 aliphatic carbocycles. The van der Waals surface area contributed by atoms with Crippen LogP contribution in [0, 0.1) is 0 Å². The van der Waals surface area contributed by atoms with Crippen LogP contribution in [-0.2, 0) is 17.8 Å². The Bertz CT molecular complexity index is 1040. The number of pyridine rings is 1. The molecular weight excluding hydrogens is 386 g/mol. The normalized spacial score (nSPS) is 12.3. The van der Waals surface area contributed by atoms with Gasteiger partial charge in [0.2, 0.25) is 0 Å². The van der Waals surface area contributed by atoms with Crippen molar-refractivity contribution in [1.29, 1.82) is 0 Å². The Morgan fingerprint density at radius 2 is 2.07 bits per heavy atom. The number of hydrogen-bond donors (Lipinski definition) is 1. The van der Waals surface area contributed by atoms with Crippen molar-refractivity contribution in [1.82, 2.24) is 25.0 Å². The first-order valence-electron chi connectivity index (χ1n) is 9.86. The van der Waals surface area contributed by atoms with E-state index < -0.39 is 6.09 Å². The van der Waals surface area contributed by atoms with E-state index in [1.165, 1.54) is 7.11 Å². The Balaban J connectivity index is 1.78. The Hall–Kier alpha value is -2.58. The standard InChI is InChI=1S/C21H25N5O2S/c1-4-25(5-2)11-12-26-15-9-8-14(13-23-21(27)28-3)20-17(15)19(24-26)18-16(29-20)7-6-10-22-18/h6-10H,4-5,11-13H2,1-3H3,(H,23,27). The minimum atomic E-state index is -0.435. The van der Waals surface area contributed by atoms with Crippen molar-refractivity contribution in [2.45, 2.75) is 36.7 Å². The monoisotopic (exact) mass is 411 g/mol. The van der Waals surface area contributed by atoms with Crippen molar-refractivity contribution in [3.8, 4) is 11.4 Å². The summed E-state index contributed by atoms with van der Waals surface area (Å²) in [5.74, 6) is 0. The van der Waals surface area contributed by atoms with Crippen LogP contribution in [0.25, 0.3) is 22.3 Å². The highest BCUT2D eigenvalue weighted by Gasteiger charge is 2.27. The summed E-state index contributed by atoms with van der Waals surface area (Å²) in [4.78, 5) is 20.8. The van der Waals surface area contributed by atoms with E-state index in [0.717, 1.165) is 63.8 Å². The molecule has 0 spiro atoms. The molecule has 0 bridgehead atoms. The van der Waals surface area contributed by atoms with Crippen LogP contribution in [0.4, 0.5) is 4.79 Å². The summed E-state index contributed by atoms with van der Waals surface area (Å²) in [5.41, 5.74) is 4.00. The minimum absolute atomic E-state index is 0.407. The third-order valence-corrected chi connectivity index (χ3v) is 6.51. The molecule has 3 aromatic rings. The number of fused-ring (bicyclic) bond motifs is 2. The fraction of sp³-hybridized carbons (Fsp3) is 0.381. The summed E-state index contributed by atoms with van der Waals surface area (Å²) in [5, 5.41) is 8.87. The number of alkyl carbamates (subject to hydrolysis) is 1. The minimum Gasteiger partial charge on any atom is -0.453 e. The molecule has 8 heteroatoms. The Labute approximate surface area is 174 Å². The van der Waals surface area contributed by atoms with Gasteiger partial charge >= 0.3 is 6.09 Å². The largest absolute Gasteiger partial charge is 0.453 e. The van der Waals surface area contributed by atoms with E-state index in [2.05, 4.69) is 51.9 Å². The number of carbonyl (C=O) groups is 1. The van der Waals surface area contributed by atoms with Gasteiger partial charge in [-0.2, -0.15) is 5.10 Å². The highest BCUT2D eigenvalue weighted by atomic mass is 32.2. The predicted molar refractivity (Wildman–Crippen MR) is 114 cm³/mol. The molecule has 3 heterocycles. The van der Waals surface area contributed by atoms with E-state index in [0.29, 0.717) is 6.54 Å². The fourth-order valence-corrected chi connectivity index (χ4v) is 4.84. The first-order valence-corrected chi connectivity index (χ1v) is 10.7. The Morgan fingerprint density at radius 3 is 2.83 bits per heavy atom. The van der Waals surface area contributed by atoms with Gasteiger partial charge in [0, 0.05) is 34.5 Å². The highest BCUT2D eigenvalue weighted by Crippen LogP contribution is 2.47. The van der Waals surface area contributed by atoms with Crippen molar-refractivity contribution in [2.24, 2.45) is 0 Å². The second kappa shape index (κ2) is 8.42. The maximum Gasteiger partial charge on any atom is 0.407 e. The fourth-order valence-electron chi connectivity index (χ4n) is 3.65. The first kappa shape index (κ1) is 19.7. The van der Waals surface area contributed by atoms with Crippen LogP contribution in [0.3, 0.4) is 0 Å². The molecule has 1 aromatic carbocycles. The van der Waals surface area contributed by atoms with E-state index in [1.807, 2.05) is 12.3 Å². The molecule has 152 valence electrons. The molecule has 29 heavy (non-hydrogen) atoms. The number of nitrogens with zero attached hydrogens (tertiary/aromatic N) is 4. The summed E-state index contributed by atoms with van der Waals surface area (Å²) in [6.07, 6.45) is 1.38. The summed E-state index contributed by atoms with van der Waals surface area (Å²) >= 11 is 1.69. The summed E-state index contributed by atoms with van der Waals surface area (Å²) in [6.45, 7) is 8.59. The number of rotatable bonds is 7. The zero-order chi connectivity index (χ0) is 20.4. The average Bonchev–Trinajstić information content (AvgIpc) is 3.13. The zero-order valence-electron chi connectivity index (χ0n) is 16.9. The summed E-state index contributed by atoms with van der Waals surface area (Å²) in [7, 11) is 1.37. The van der Waals surface area contributed by atoms with Crippen LogP contribution in [0.15, 0.2) is 40.3 Å². The molecule has 1 N–H and O–H groups in total. The van der Waals surface area contributed by atoms with Crippen molar-refractivity contribution < 1.29 is 9.53 Å². The lowest BCUT2D eigenvalue weighted by molar-refractivity contribution is 0.170. The number of amides is 1. The van der Waals surface area contributed by atoms with Crippen molar-refractivity contribution in [2.75, 3.05) is 26.7 Å². The summed E-state index contributed by atoms with van der Waals surface area (Å²) in [6, 6.07) is 8.18. The molecule has 0 unspecified atom stereocenters. The maximum atomic E-state index is 11.6. The molecule has 1 aliphatic rings. The second-order valence-electron chi connectivity index (χ2n) is 6.84. The second-order valence-corrected chi connectivity index (χ2v) is 7.90. The lowest BCUT2D eigenvalue weighted by Crippen LogP contribution is -2.27. The van der Waals surface area contributed by atoms with Gasteiger partial charge in [-0.3, -0.25) is 9.67 Å². The molecule has 1 aliphatic heterocycles. The Kier molecular flexibility index (Phi) is 5.73. The molecule has 2 aromatic heterocycles. The molecular formula is C21H25N5O2S. The van der Waals surface area contributed by atoms with Gasteiger partial charge < -0.3 is 15.0 Å². The molecule has 7 nitrogen and oxygen atoms in total. The van der Waals surface area contributed by atoms with Gasteiger partial charge in [0.25, 0.3) is 0 Å². The van der Waals surface area contributed by atoms with E-state index >= 15 is 0 Å². The maximum absolute atomic E-state index is 11.6. The van der Waals surface area contributed by atoms with Crippen LogP contribution in [0.5, 0.6) is 0 Å². The molecule has 0 saturated heterocycles. The van der Waals surface area contributed by atoms with Gasteiger partial charge in [-0.1, -0.05) is 31.7 Å². The first-order chi connectivity index (χ1) is 14.2. The quantitative estimate of drug-likeness (QED) is 0.499. The number of nitrogens with one attached hydrogen (secondary N) is 1. The number of hydrogen-bond acceptors (Lipinski definition) is 6. The van der Waals surface area contributed by atoms with Crippen LogP contribution < -0.4 is 5.32 Å². The molecule has 0 radical (unpaired) electrons. The molecule has 1 amide bonds. The number of benzene rings is 1. The molecule has 0 atom stereocenters. The van der Waals surface area contributed by atoms with E-state index in [-0.39, 0.29) is 0 Å². The number of ether oxygens (including phenoxy) is 1. The van der Waals surface area contributed by atoms with Gasteiger partial charge in [-0.15, -0.1) is 0 Å². The lowest BCUT2D eigenvalue weighted by atomic mass is 10.1. The van der Waals surface area contributed by atoms with Gasteiger partial charge in [0.1, 0.15) is 11.4 Å². The van der Waals surface area contributed by atoms with E-state index in [4.69, 9.17) is 9.84 Å². The number of aromatic nitrogens is 3. The highest BCUT2D eigenvalue weighted by molar-refractivity contribution is 7.99. The van der Waals surface area contributed by atoms with Gasteiger partial charge in [0.05, 0.1) is 19.2 Å². The average molecular weight is 412 g/mol. The molecule has 0 fully saturated rings. The van der Waals surface area contributed by atoms with Crippen molar-refractivity contribution >= 4 is 28.8 Å². The zero-order valence-corrected chi connectivity index (χ0v) is 17.8. The Morgan fingerprint density at radius 1 is 1.24 bits per heavy atom. The van der Waals surface area contributed by atoms with Gasteiger partial charge in [0.15, 0.2) is 0 Å². The van der Waals surface area contributed by atoms with E-state index in [1.54, 1.807) is 11.8 Å². The topological polar surface area (TPSA) is 72.3 Å². The predicted octanol–water partition coefficient (Wildman–Crippen LogP) is 3.76. The lowest BCUT2D eigenvalue weighted by Gasteiger charge is -2.18. The van der Waals surface area contributed by atoms with Gasteiger partial charge in [-0.05, 0) is 36.9 Å². The van der Waals surface area contributed by atoms with Crippen LogP contribution in [-0.4, -0.2) is 52.5 Å². The molecule has 4 rings (SSSR count). The van der Waals surface area contributed by atoms with Crippen molar-refractivity contribution in [3.63, 3.8) is 0 Å². The number of carbonyl (C=O) groups excluding carboxylic acids is 1. The third-order valence-electron chi connectivity index (χ3n) is 5.29. The number of likely N-dealkylation sites (N-methyl/N-ethyl adjacent to an activating group) is 1. The van der Waals surface area contributed by atoms with Crippen LogP contribution in [0.2, 0.25) is 0 Å². The van der Waals surface area contributed by atoms with Crippen LogP contribution in [0.1, 0.15) is 19.4 Å². The SMILES string of the molecule is CCN(CC)CCn1nc2c3c(c(CNC(=O)OC)ccc31)Sc1cccnc1-2. The smallest absolute Gasteiger partial charge is 0.407 e.